The number of carbonyl (C=O) groups excluding carboxylic acids is 1. The molecule has 6 nitrogen and oxygen atoms in total. The van der Waals surface area contributed by atoms with Gasteiger partial charge in [0.2, 0.25) is 0 Å². The number of hydrogen-bond acceptors (Lipinski definition) is 7. The molecule has 2 atom stereocenters. The highest BCUT2D eigenvalue weighted by Crippen LogP contribution is 2.55. The van der Waals surface area contributed by atoms with Crippen molar-refractivity contribution >= 4 is 23.6 Å². The normalized spacial score (nSPS) is 18.7. The second kappa shape index (κ2) is 9.37. The molecule has 2 aromatic rings. The molecule has 0 amide bonds. The number of ketones is 1. The quantitative estimate of drug-likeness (QED) is 0.503. The molecule has 0 radical (unpaired) electrons. The third-order valence-corrected chi connectivity index (χ3v) is 5.77. The molecule has 1 fully saturated rings. The van der Waals surface area contributed by atoms with Crippen molar-refractivity contribution in [3.8, 4) is 5.75 Å². The molecular formula is C21H24FN3O3S. The summed E-state index contributed by atoms with van der Waals surface area (Å²) in [6.45, 7) is 3.91. The summed E-state index contributed by atoms with van der Waals surface area (Å²) in [4.78, 5) is 22.9. The minimum Gasteiger partial charge on any atom is -0.487 e. The first-order valence-corrected chi connectivity index (χ1v) is 10.5. The van der Waals surface area contributed by atoms with Crippen LogP contribution >= 0.6 is 12.1 Å². The molecule has 0 heterocycles. The Balaban J connectivity index is 0.00000117. The Hall–Kier alpha value is -2.45. The first-order valence-electron chi connectivity index (χ1n) is 9.63. The van der Waals surface area contributed by atoms with Crippen molar-refractivity contribution in [1.82, 2.24) is 0 Å². The molecule has 2 aliphatic carbocycles. The monoisotopic (exact) mass is 417 g/mol. The zero-order valence-corrected chi connectivity index (χ0v) is 17.2. The van der Waals surface area contributed by atoms with Gasteiger partial charge < -0.3 is 4.74 Å². The minimum atomic E-state index is -0.544. The van der Waals surface area contributed by atoms with E-state index >= 15 is 4.39 Å². The van der Waals surface area contributed by atoms with Crippen LogP contribution in [0.25, 0.3) is 0 Å². The van der Waals surface area contributed by atoms with Crippen LogP contribution in [-0.4, -0.2) is 12.5 Å². The van der Waals surface area contributed by atoms with Gasteiger partial charge in [0.25, 0.3) is 0 Å². The standard InChI is InChI=1S/C19H18FN3O3S.C2H6/c20-18-17-13(12-6-14(17)15(24)7-12)8-16(19(18)23(27-21)10-22-25)26-9-11-4-2-1-3-5-11;1-2/h1-5,8,12,14H,6-7,9-10,21H2;1-2H3. The average molecular weight is 418 g/mol. The van der Waals surface area contributed by atoms with Gasteiger partial charge >= 0.3 is 0 Å². The molecule has 2 N–H and O–H groups in total. The molecule has 2 bridgehead atoms. The number of Topliss-reactive ketones (excluding diaryl/α,β-unsaturated/α-hetero) is 1. The number of benzene rings is 2. The fraction of sp³-hybridized carbons (Fsp3) is 0.381. The van der Waals surface area contributed by atoms with Gasteiger partial charge in [-0.1, -0.05) is 44.2 Å². The highest BCUT2D eigenvalue weighted by Gasteiger charge is 2.46. The van der Waals surface area contributed by atoms with E-state index in [2.05, 4.69) is 5.18 Å². The number of hydrogen-bond donors (Lipinski definition) is 1. The molecule has 154 valence electrons. The SMILES string of the molecule is CC.NSN(CN=O)c1c(OCc2ccccc2)cc2c(c1F)C1CC2CC1=O. The summed E-state index contributed by atoms with van der Waals surface area (Å²) in [6, 6.07) is 11.3. The Morgan fingerprint density at radius 3 is 2.69 bits per heavy atom. The Kier molecular flexibility index (Phi) is 6.87. The third-order valence-electron chi connectivity index (χ3n) is 5.22. The molecule has 2 aliphatic rings. The smallest absolute Gasteiger partial charge is 0.163 e. The van der Waals surface area contributed by atoms with Crippen molar-refractivity contribution in [1.29, 1.82) is 0 Å². The van der Waals surface area contributed by atoms with Crippen LogP contribution in [0.4, 0.5) is 10.1 Å². The van der Waals surface area contributed by atoms with Crippen LogP contribution in [0.1, 0.15) is 55.2 Å². The lowest BCUT2D eigenvalue weighted by Gasteiger charge is -2.25. The van der Waals surface area contributed by atoms with Gasteiger partial charge in [-0.25, -0.2) is 4.39 Å². The molecule has 2 aromatic carbocycles. The van der Waals surface area contributed by atoms with E-state index in [0.29, 0.717) is 36.3 Å². The Bertz CT molecular complexity index is 894. The minimum absolute atomic E-state index is 0.0308. The van der Waals surface area contributed by atoms with Crippen LogP contribution < -0.4 is 14.2 Å². The highest BCUT2D eigenvalue weighted by molar-refractivity contribution is 7.98. The maximum atomic E-state index is 15.5. The fourth-order valence-corrected chi connectivity index (χ4v) is 4.42. The van der Waals surface area contributed by atoms with E-state index in [-0.39, 0.29) is 30.7 Å². The van der Waals surface area contributed by atoms with Crippen molar-refractivity contribution in [3.05, 3.63) is 63.8 Å². The van der Waals surface area contributed by atoms with Gasteiger partial charge in [0.15, 0.2) is 12.5 Å². The van der Waals surface area contributed by atoms with E-state index in [9.17, 15) is 9.70 Å². The number of fused-ring (bicyclic) bond motifs is 5. The average Bonchev–Trinajstić information content (AvgIpc) is 3.31. The van der Waals surface area contributed by atoms with Crippen LogP contribution in [0.15, 0.2) is 41.6 Å². The van der Waals surface area contributed by atoms with Crippen LogP contribution in [0, 0.1) is 10.7 Å². The van der Waals surface area contributed by atoms with Gasteiger partial charge in [-0.05, 0) is 34.7 Å². The second-order valence-corrected chi connectivity index (χ2v) is 7.38. The molecule has 29 heavy (non-hydrogen) atoms. The number of nitroso groups, excluding NO2 is 1. The Morgan fingerprint density at radius 1 is 1.31 bits per heavy atom. The van der Waals surface area contributed by atoms with Crippen LogP contribution in [-0.2, 0) is 11.4 Å². The molecule has 0 saturated heterocycles. The first kappa shape index (κ1) is 21.3. The number of ether oxygens (including phenoxy) is 1. The fourth-order valence-electron chi connectivity index (χ4n) is 4.03. The van der Waals surface area contributed by atoms with Gasteiger partial charge in [-0.15, -0.1) is 4.91 Å². The summed E-state index contributed by atoms with van der Waals surface area (Å²) >= 11 is 0.699. The largest absolute Gasteiger partial charge is 0.487 e. The molecule has 2 unspecified atom stereocenters. The van der Waals surface area contributed by atoms with E-state index < -0.39 is 11.7 Å². The third kappa shape index (κ3) is 4.00. The molecule has 8 heteroatoms. The number of nitrogens with zero attached hydrogens (tertiary/aromatic N) is 2. The van der Waals surface area contributed by atoms with E-state index in [1.807, 2.05) is 44.2 Å². The Morgan fingerprint density at radius 2 is 2.03 bits per heavy atom. The number of carbonyl (C=O) groups is 1. The van der Waals surface area contributed by atoms with Crippen LogP contribution in [0.2, 0.25) is 0 Å². The van der Waals surface area contributed by atoms with Crippen molar-refractivity contribution in [3.63, 3.8) is 0 Å². The lowest BCUT2D eigenvalue weighted by Crippen LogP contribution is -2.21. The number of halogens is 1. The summed E-state index contributed by atoms with van der Waals surface area (Å²) in [5.41, 5.74) is 2.24. The maximum Gasteiger partial charge on any atom is 0.163 e. The van der Waals surface area contributed by atoms with Gasteiger partial charge in [-0.3, -0.25) is 14.2 Å². The highest BCUT2D eigenvalue weighted by atomic mass is 32.2. The number of rotatable bonds is 7. The van der Waals surface area contributed by atoms with Crippen LogP contribution in [0.3, 0.4) is 0 Å². The van der Waals surface area contributed by atoms with Crippen molar-refractivity contribution in [2.24, 2.45) is 10.3 Å². The summed E-state index contributed by atoms with van der Waals surface area (Å²) in [5.74, 6) is -0.561. The summed E-state index contributed by atoms with van der Waals surface area (Å²) in [6.07, 6.45) is 1.08. The van der Waals surface area contributed by atoms with Gasteiger partial charge in [0, 0.05) is 30.0 Å². The van der Waals surface area contributed by atoms with Crippen molar-refractivity contribution in [2.75, 3.05) is 11.0 Å². The van der Waals surface area contributed by atoms with Gasteiger partial charge in [0.1, 0.15) is 23.8 Å². The number of nitrogens with two attached hydrogens (primary N) is 1. The molecule has 0 spiro atoms. The summed E-state index contributed by atoms with van der Waals surface area (Å²) < 4.78 is 22.6. The summed E-state index contributed by atoms with van der Waals surface area (Å²) in [5, 5.41) is 8.47. The van der Waals surface area contributed by atoms with E-state index in [1.165, 1.54) is 4.31 Å². The van der Waals surface area contributed by atoms with Gasteiger partial charge in [-0.2, -0.15) is 0 Å². The van der Waals surface area contributed by atoms with Crippen LogP contribution in [0.5, 0.6) is 5.75 Å². The van der Waals surface area contributed by atoms with E-state index in [1.54, 1.807) is 6.07 Å². The lowest BCUT2D eigenvalue weighted by molar-refractivity contribution is -0.119. The van der Waals surface area contributed by atoms with Crippen molar-refractivity contribution < 1.29 is 13.9 Å². The molecule has 0 aromatic heterocycles. The number of anilines is 1. The first-order chi connectivity index (χ1) is 14.1. The van der Waals surface area contributed by atoms with E-state index in [0.717, 1.165) is 11.1 Å². The maximum absolute atomic E-state index is 15.5. The molecular weight excluding hydrogens is 393 g/mol. The second-order valence-electron chi connectivity index (χ2n) is 6.72. The summed E-state index contributed by atoms with van der Waals surface area (Å²) in [7, 11) is 0. The van der Waals surface area contributed by atoms with Gasteiger partial charge in [0.05, 0.1) is 0 Å². The molecule has 1 saturated carbocycles. The van der Waals surface area contributed by atoms with E-state index in [4.69, 9.17) is 9.88 Å². The zero-order chi connectivity index (χ0) is 21.0. The predicted octanol–water partition coefficient (Wildman–Crippen LogP) is 5.03. The molecule has 0 aliphatic heterocycles. The topological polar surface area (TPSA) is 85.0 Å². The zero-order valence-electron chi connectivity index (χ0n) is 16.4. The van der Waals surface area contributed by atoms with Crippen molar-refractivity contribution in [2.45, 2.75) is 45.1 Å². The Labute approximate surface area is 173 Å². The lowest BCUT2D eigenvalue weighted by atomic mass is 9.89. The molecule has 4 rings (SSSR count). The predicted molar refractivity (Wildman–Crippen MR) is 113 cm³/mol.